The summed E-state index contributed by atoms with van der Waals surface area (Å²) in [6.45, 7) is 2.87. The van der Waals surface area contributed by atoms with Gasteiger partial charge in [-0.2, -0.15) is 0 Å². The maximum atomic E-state index is 5.27. The van der Waals surface area contributed by atoms with Crippen LogP contribution in [-0.2, 0) is 6.54 Å². The second-order valence-electron chi connectivity index (χ2n) is 4.49. The summed E-state index contributed by atoms with van der Waals surface area (Å²) >= 11 is 3.39. The van der Waals surface area contributed by atoms with E-state index >= 15 is 0 Å². The number of methoxy groups -OCH3 is 1. The second kappa shape index (κ2) is 6.06. The molecule has 0 unspecified atom stereocenters. The van der Waals surface area contributed by atoms with Gasteiger partial charge in [-0.1, -0.05) is 12.1 Å². The number of halogens is 1. The number of nitrogens with zero attached hydrogens (tertiary/aromatic N) is 2. The predicted octanol–water partition coefficient (Wildman–Crippen LogP) is 3.80. The van der Waals surface area contributed by atoms with E-state index in [1.54, 1.807) is 7.11 Å². The van der Waals surface area contributed by atoms with Crippen LogP contribution in [0.3, 0.4) is 0 Å². The molecule has 2 rings (SSSR count). The Kier molecular flexibility index (Phi) is 4.43. The van der Waals surface area contributed by atoms with Crippen molar-refractivity contribution in [1.29, 1.82) is 0 Å². The third kappa shape index (κ3) is 3.47. The van der Waals surface area contributed by atoms with Gasteiger partial charge in [0.15, 0.2) is 0 Å². The van der Waals surface area contributed by atoms with Crippen LogP contribution in [0, 0.1) is 6.92 Å². The molecule has 0 aliphatic carbocycles. The molecule has 19 heavy (non-hydrogen) atoms. The Morgan fingerprint density at radius 3 is 2.63 bits per heavy atom. The second-order valence-corrected chi connectivity index (χ2v) is 5.41. The van der Waals surface area contributed by atoms with E-state index in [-0.39, 0.29) is 0 Å². The summed E-state index contributed by atoms with van der Waals surface area (Å²) in [5, 5.41) is 0. The van der Waals surface area contributed by atoms with Crippen molar-refractivity contribution in [2.75, 3.05) is 19.1 Å². The summed E-state index contributed by atoms with van der Waals surface area (Å²) in [4.78, 5) is 6.50. The van der Waals surface area contributed by atoms with Gasteiger partial charge in [0.25, 0.3) is 0 Å². The molecule has 0 saturated carbocycles. The van der Waals surface area contributed by atoms with Gasteiger partial charge in [0.05, 0.1) is 7.11 Å². The Morgan fingerprint density at radius 1 is 1.26 bits per heavy atom. The Morgan fingerprint density at radius 2 is 2.05 bits per heavy atom. The SMILES string of the molecule is COc1ccc(CN(C)c2ccc(Br)cn2)cc1C. The van der Waals surface area contributed by atoms with E-state index in [4.69, 9.17) is 4.74 Å². The molecule has 100 valence electrons. The molecule has 1 aromatic heterocycles. The van der Waals surface area contributed by atoms with Gasteiger partial charge in [-0.15, -0.1) is 0 Å². The molecule has 0 amide bonds. The topological polar surface area (TPSA) is 25.4 Å². The average molecular weight is 321 g/mol. The monoisotopic (exact) mass is 320 g/mol. The molecule has 3 nitrogen and oxygen atoms in total. The summed E-state index contributed by atoms with van der Waals surface area (Å²) in [5.41, 5.74) is 2.39. The molecule has 0 atom stereocenters. The minimum atomic E-state index is 0.819. The molecule has 0 fully saturated rings. The average Bonchev–Trinajstić information content (AvgIpc) is 2.39. The maximum absolute atomic E-state index is 5.27. The highest BCUT2D eigenvalue weighted by Gasteiger charge is 2.05. The quantitative estimate of drug-likeness (QED) is 0.856. The summed E-state index contributed by atoms with van der Waals surface area (Å²) in [5.74, 6) is 1.88. The fraction of sp³-hybridized carbons (Fsp3) is 0.267. The van der Waals surface area contributed by atoms with Crippen LogP contribution >= 0.6 is 15.9 Å². The number of hydrogen-bond acceptors (Lipinski definition) is 3. The van der Waals surface area contributed by atoms with Crippen molar-refractivity contribution in [2.24, 2.45) is 0 Å². The van der Waals surface area contributed by atoms with Gasteiger partial charge in [-0.3, -0.25) is 0 Å². The van der Waals surface area contributed by atoms with E-state index in [9.17, 15) is 0 Å². The number of ether oxygens (including phenoxy) is 1. The summed E-state index contributed by atoms with van der Waals surface area (Å²) in [6.07, 6.45) is 1.81. The van der Waals surface area contributed by atoms with Crippen LogP contribution in [0.2, 0.25) is 0 Å². The maximum Gasteiger partial charge on any atom is 0.128 e. The van der Waals surface area contributed by atoms with Gasteiger partial charge in [-0.05, 0) is 52.2 Å². The molecule has 0 saturated heterocycles. The predicted molar refractivity (Wildman–Crippen MR) is 81.8 cm³/mol. The number of anilines is 1. The van der Waals surface area contributed by atoms with Crippen molar-refractivity contribution >= 4 is 21.7 Å². The third-order valence-corrected chi connectivity index (χ3v) is 3.45. The summed E-state index contributed by atoms with van der Waals surface area (Å²) in [7, 11) is 3.73. The van der Waals surface area contributed by atoms with Gasteiger partial charge in [0.2, 0.25) is 0 Å². The lowest BCUT2D eigenvalue weighted by Gasteiger charge is -2.19. The van der Waals surface area contributed by atoms with E-state index in [2.05, 4.69) is 44.9 Å². The first-order chi connectivity index (χ1) is 9.10. The van der Waals surface area contributed by atoms with Crippen molar-refractivity contribution in [2.45, 2.75) is 13.5 Å². The Bertz CT molecular complexity index is 555. The molecule has 2 aromatic rings. The Balaban J connectivity index is 2.12. The van der Waals surface area contributed by atoms with Gasteiger partial charge < -0.3 is 9.64 Å². The van der Waals surface area contributed by atoms with E-state index < -0.39 is 0 Å². The van der Waals surface area contributed by atoms with Crippen molar-refractivity contribution in [3.8, 4) is 5.75 Å². The minimum absolute atomic E-state index is 0.819. The Hall–Kier alpha value is -1.55. The zero-order chi connectivity index (χ0) is 13.8. The largest absolute Gasteiger partial charge is 0.496 e. The van der Waals surface area contributed by atoms with E-state index in [0.717, 1.165) is 28.1 Å². The molecule has 0 N–H and O–H groups in total. The number of benzene rings is 1. The molecule has 0 spiro atoms. The zero-order valence-corrected chi connectivity index (χ0v) is 12.9. The number of aromatic nitrogens is 1. The third-order valence-electron chi connectivity index (χ3n) is 2.98. The highest BCUT2D eigenvalue weighted by Crippen LogP contribution is 2.21. The van der Waals surface area contributed by atoms with Gasteiger partial charge in [0, 0.05) is 24.3 Å². The smallest absolute Gasteiger partial charge is 0.128 e. The lowest BCUT2D eigenvalue weighted by atomic mass is 10.1. The number of hydrogen-bond donors (Lipinski definition) is 0. The van der Waals surface area contributed by atoms with Crippen molar-refractivity contribution in [3.05, 3.63) is 52.1 Å². The van der Waals surface area contributed by atoms with Crippen molar-refractivity contribution in [1.82, 2.24) is 4.98 Å². The molecule has 1 heterocycles. The van der Waals surface area contributed by atoms with E-state index in [0.29, 0.717) is 0 Å². The fourth-order valence-corrected chi connectivity index (χ4v) is 2.22. The van der Waals surface area contributed by atoms with Crippen LogP contribution in [-0.4, -0.2) is 19.1 Å². The van der Waals surface area contributed by atoms with Crippen LogP contribution in [0.1, 0.15) is 11.1 Å². The van der Waals surface area contributed by atoms with E-state index in [1.807, 2.05) is 31.4 Å². The highest BCUT2D eigenvalue weighted by atomic mass is 79.9. The number of pyridine rings is 1. The van der Waals surface area contributed by atoms with Crippen LogP contribution in [0.5, 0.6) is 5.75 Å². The van der Waals surface area contributed by atoms with Crippen LogP contribution < -0.4 is 9.64 Å². The lowest BCUT2D eigenvalue weighted by Crippen LogP contribution is -2.17. The first-order valence-electron chi connectivity index (χ1n) is 6.06. The lowest BCUT2D eigenvalue weighted by molar-refractivity contribution is 0.411. The Labute approximate surface area is 122 Å². The molecule has 0 aliphatic rings. The van der Waals surface area contributed by atoms with Crippen molar-refractivity contribution in [3.63, 3.8) is 0 Å². The number of aryl methyl sites for hydroxylation is 1. The first kappa shape index (κ1) is 13.9. The summed E-state index contributed by atoms with van der Waals surface area (Å²) in [6, 6.07) is 10.2. The van der Waals surface area contributed by atoms with Gasteiger partial charge >= 0.3 is 0 Å². The molecule has 4 heteroatoms. The summed E-state index contributed by atoms with van der Waals surface area (Å²) < 4.78 is 6.26. The number of rotatable bonds is 4. The van der Waals surface area contributed by atoms with Gasteiger partial charge in [-0.25, -0.2) is 4.98 Å². The molecule has 0 radical (unpaired) electrons. The molecule has 0 bridgehead atoms. The normalized spacial score (nSPS) is 10.3. The van der Waals surface area contributed by atoms with Crippen molar-refractivity contribution < 1.29 is 4.74 Å². The standard InChI is InChI=1S/C15H17BrN2O/c1-11-8-12(4-6-14(11)19-3)10-18(2)15-7-5-13(16)9-17-15/h4-9H,10H2,1-3H3. The highest BCUT2D eigenvalue weighted by molar-refractivity contribution is 9.10. The molecular formula is C15H17BrN2O. The molecular weight excluding hydrogens is 304 g/mol. The van der Waals surface area contributed by atoms with E-state index in [1.165, 1.54) is 5.56 Å². The van der Waals surface area contributed by atoms with Crippen LogP contribution in [0.25, 0.3) is 0 Å². The fourth-order valence-electron chi connectivity index (χ4n) is 1.99. The van der Waals surface area contributed by atoms with Gasteiger partial charge in [0.1, 0.15) is 11.6 Å². The first-order valence-corrected chi connectivity index (χ1v) is 6.85. The molecule has 0 aliphatic heterocycles. The van der Waals surface area contributed by atoms with Crippen LogP contribution in [0.4, 0.5) is 5.82 Å². The minimum Gasteiger partial charge on any atom is -0.496 e. The molecule has 1 aromatic carbocycles. The van der Waals surface area contributed by atoms with Crippen LogP contribution in [0.15, 0.2) is 41.0 Å². The zero-order valence-electron chi connectivity index (χ0n) is 11.4.